The van der Waals surface area contributed by atoms with Crippen LogP contribution < -0.4 is 0 Å². The van der Waals surface area contributed by atoms with Gasteiger partial charge in [0.15, 0.2) is 0 Å². The molecule has 0 fully saturated rings. The number of hydrogen-bond acceptors (Lipinski definition) is 2. The van der Waals surface area contributed by atoms with E-state index in [1.165, 1.54) is 71.1 Å². The van der Waals surface area contributed by atoms with Gasteiger partial charge in [-0.05, 0) is 90.0 Å². The number of benzene rings is 6. The van der Waals surface area contributed by atoms with Gasteiger partial charge in [-0.2, -0.15) is 0 Å². The standard InChI is InChI=1S/C36H22N2/c1-3-29(31-4-2-20-38-34(31)5-1)30-15-11-27-12-16-32-28(14-10-26-13-17-33(30)36(27)35(26)32)25-8-6-23(7-9-25)24-18-21-37-22-19-24/h1-22H. The van der Waals surface area contributed by atoms with E-state index in [0.717, 1.165) is 5.52 Å². The van der Waals surface area contributed by atoms with Gasteiger partial charge >= 0.3 is 0 Å². The summed E-state index contributed by atoms with van der Waals surface area (Å²) in [5.41, 5.74) is 8.35. The maximum absolute atomic E-state index is 4.60. The van der Waals surface area contributed by atoms with Gasteiger partial charge < -0.3 is 0 Å². The van der Waals surface area contributed by atoms with Crippen LogP contribution in [0.3, 0.4) is 0 Å². The van der Waals surface area contributed by atoms with Crippen LogP contribution in [-0.4, -0.2) is 9.97 Å². The summed E-state index contributed by atoms with van der Waals surface area (Å²) in [5.74, 6) is 0. The molecule has 2 nitrogen and oxygen atoms in total. The summed E-state index contributed by atoms with van der Waals surface area (Å²) >= 11 is 0. The molecule has 6 aromatic carbocycles. The number of pyridine rings is 2. The largest absolute Gasteiger partial charge is 0.265 e. The van der Waals surface area contributed by atoms with Crippen molar-refractivity contribution >= 4 is 43.2 Å². The van der Waals surface area contributed by atoms with Crippen molar-refractivity contribution in [3.63, 3.8) is 0 Å². The maximum Gasteiger partial charge on any atom is 0.0708 e. The average molecular weight is 483 g/mol. The SMILES string of the molecule is c1cc(-c2ccc3ccc4c(-c5ccc(-c6ccncc6)cc5)ccc5ccc2c3c54)c2cccnc2c1. The molecule has 0 saturated heterocycles. The molecule has 0 aliphatic carbocycles. The quantitative estimate of drug-likeness (QED) is 0.234. The molecule has 8 aromatic rings. The summed E-state index contributed by atoms with van der Waals surface area (Å²) in [6.07, 6.45) is 5.54. The van der Waals surface area contributed by atoms with Crippen molar-refractivity contribution in [2.45, 2.75) is 0 Å². The first-order valence-electron chi connectivity index (χ1n) is 12.9. The Morgan fingerprint density at radius 2 is 0.974 bits per heavy atom. The van der Waals surface area contributed by atoms with Gasteiger partial charge in [0.1, 0.15) is 0 Å². The van der Waals surface area contributed by atoms with Gasteiger partial charge in [-0.15, -0.1) is 0 Å². The number of hydrogen-bond donors (Lipinski definition) is 0. The average Bonchev–Trinajstić information content (AvgIpc) is 3.00. The zero-order chi connectivity index (χ0) is 25.1. The first-order chi connectivity index (χ1) is 18.8. The second-order valence-corrected chi connectivity index (χ2v) is 9.84. The zero-order valence-corrected chi connectivity index (χ0v) is 20.6. The van der Waals surface area contributed by atoms with Crippen molar-refractivity contribution in [2.75, 3.05) is 0 Å². The summed E-state index contributed by atoms with van der Waals surface area (Å²) in [4.78, 5) is 8.74. The highest BCUT2D eigenvalue weighted by Crippen LogP contribution is 2.43. The van der Waals surface area contributed by atoms with Gasteiger partial charge in [-0.3, -0.25) is 9.97 Å². The number of rotatable bonds is 3. The van der Waals surface area contributed by atoms with E-state index < -0.39 is 0 Å². The lowest BCUT2D eigenvalue weighted by Gasteiger charge is -2.17. The molecule has 0 aliphatic heterocycles. The molecule has 0 N–H and O–H groups in total. The van der Waals surface area contributed by atoms with Crippen molar-refractivity contribution in [2.24, 2.45) is 0 Å². The third-order valence-corrected chi connectivity index (χ3v) is 7.81. The Morgan fingerprint density at radius 1 is 0.368 bits per heavy atom. The van der Waals surface area contributed by atoms with E-state index in [-0.39, 0.29) is 0 Å². The van der Waals surface area contributed by atoms with Gasteiger partial charge in [0.2, 0.25) is 0 Å². The molecule has 8 rings (SSSR count). The Bertz CT molecular complexity index is 2100. The molecule has 0 radical (unpaired) electrons. The molecule has 2 aromatic heterocycles. The van der Waals surface area contributed by atoms with Gasteiger partial charge in [0.25, 0.3) is 0 Å². The molecule has 38 heavy (non-hydrogen) atoms. The van der Waals surface area contributed by atoms with Crippen molar-refractivity contribution in [1.82, 2.24) is 9.97 Å². The van der Waals surface area contributed by atoms with E-state index in [2.05, 4.69) is 119 Å². The number of nitrogens with zero attached hydrogens (tertiary/aromatic N) is 2. The van der Waals surface area contributed by atoms with Crippen LogP contribution in [0.1, 0.15) is 0 Å². The molecular formula is C36H22N2. The van der Waals surface area contributed by atoms with E-state index in [1.807, 2.05) is 24.7 Å². The second-order valence-electron chi connectivity index (χ2n) is 9.84. The molecule has 2 heterocycles. The third kappa shape index (κ3) is 3.14. The van der Waals surface area contributed by atoms with E-state index in [4.69, 9.17) is 0 Å². The van der Waals surface area contributed by atoms with Crippen LogP contribution in [-0.2, 0) is 0 Å². The van der Waals surface area contributed by atoms with Crippen LogP contribution in [0.2, 0.25) is 0 Å². The van der Waals surface area contributed by atoms with Crippen LogP contribution in [0.25, 0.3) is 76.6 Å². The Hall–Kier alpha value is -5.08. The number of aromatic nitrogens is 2. The lowest BCUT2D eigenvalue weighted by atomic mass is 9.86. The summed E-state index contributed by atoms with van der Waals surface area (Å²) in [6.45, 7) is 0. The summed E-state index contributed by atoms with van der Waals surface area (Å²) in [6, 6.07) is 41.8. The molecular weight excluding hydrogens is 460 g/mol. The zero-order valence-electron chi connectivity index (χ0n) is 20.6. The van der Waals surface area contributed by atoms with Crippen LogP contribution in [0.15, 0.2) is 134 Å². The molecule has 0 saturated carbocycles. The fourth-order valence-corrected chi connectivity index (χ4v) is 6.01. The predicted molar refractivity (Wildman–Crippen MR) is 160 cm³/mol. The molecule has 0 bridgehead atoms. The second kappa shape index (κ2) is 8.22. The van der Waals surface area contributed by atoms with Crippen LogP contribution in [0, 0.1) is 0 Å². The molecule has 0 atom stereocenters. The lowest BCUT2D eigenvalue weighted by Crippen LogP contribution is -1.90. The van der Waals surface area contributed by atoms with E-state index in [0.29, 0.717) is 0 Å². The highest BCUT2D eigenvalue weighted by molar-refractivity contribution is 6.28. The topological polar surface area (TPSA) is 25.8 Å². The van der Waals surface area contributed by atoms with Crippen LogP contribution in [0.5, 0.6) is 0 Å². The first kappa shape index (κ1) is 21.0. The minimum absolute atomic E-state index is 1.02. The molecule has 0 spiro atoms. The predicted octanol–water partition coefficient (Wildman–Crippen LogP) is 9.53. The van der Waals surface area contributed by atoms with Crippen molar-refractivity contribution in [3.8, 4) is 33.4 Å². The first-order valence-corrected chi connectivity index (χ1v) is 12.9. The monoisotopic (exact) mass is 482 g/mol. The molecule has 0 amide bonds. The summed E-state index contributed by atoms with van der Waals surface area (Å²) in [7, 11) is 0. The van der Waals surface area contributed by atoms with Gasteiger partial charge in [0, 0.05) is 24.0 Å². The van der Waals surface area contributed by atoms with E-state index in [1.54, 1.807) is 0 Å². The summed E-state index contributed by atoms with van der Waals surface area (Å²) in [5, 5.41) is 8.94. The summed E-state index contributed by atoms with van der Waals surface area (Å²) < 4.78 is 0. The highest BCUT2D eigenvalue weighted by Gasteiger charge is 2.16. The lowest BCUT2D eigenvalue weighted by molar-refractivity contribution is 1.33. The molecule has 176 valence electrons. The van der Waals surface area contributed by atoms with Crippen LogP contribution in [0.4, 0.5) is 0 Å². The molecule has 0 unspecified atom stereocenters. The van der Waals surface area contributed by atoms with Gasteiger partial charge in [-0.25, -0.2) is 0 Å². The minimum Gasteiger partial charge on any atom is -0.265 e. The van der Waals surface area contributed by atoms with E-state index >= 15 is 0 Å². The number of fused-ring (bicyclic) bond motifs is 1. The Balaban J connectivity index is 1.36. The minimum atomic E-state index is 1.02. The Kier molecular flexibility index (Phi) is 4.55. The molecule has 0 aliphatic rings. The molecule has 2 heteroatoms. The Morgan fingerprint density at radius 3 is 1.74 bits per heavy atom. The van der Waals surface area contributed by atoms with Crippen molar-refractivity contribution in [3.05, 3.63) is 134 Å². The third-order valence-electron chi connectivity index (χ3n) is 7.81. The normalized spacial score (nSPS) is 11.7. The van der Waals surface area contributed by atoms with Crippen molar-refractivity contribution < 1.29 is 0 Å². The van der Waals surface area contributed by atoms with E-state index in [9.17, 15) is 0 Å². The smallest absolute Gasteiger partial charge is 0.0708 e. The fraction of sp³-hybridized carbons (Fsp3) is 0. The van der Waals surface area contributed by atoms with Gasteiger partial charge in [-0.1, -0.05) is 91.0 Å². The van der Waals surface area contributed by atoms with Gasteiger partial charge in [0.05, 0.1) is 5.52 Å². The van der Waals surface area contributed by atoms with Crippen molar-refractivity contribution in [1.29, 1.82) is 0 Å². The Labute approximate surface area is 220 Å². The maximum atomic E-state index is 4.60. The van der Waals surface area contributed by atoms with Crippen LogP contribution >= 0.6 is 0 Å². The fourth-order valence-electron chi connectivity index (χ4n) is 6.01. The highest BCUT2D eigenvalue weighted by atomic mass is 14.6.